The van der Waals surface area contributed by atoms with E-state index < -0.39 is 5.60 Å². The third-order valence-corrected chi connectivity index (χ3v) is 4.05. The van der Waals surface area contributed by atoms with Gasteiger partial charge < -0.3 is 15.0 Å². The first-order valence-electron chi connectivity index (χ1n) is 7.20. The van der Waals surface area contributed by atoms with E-state index in [9.17, 15) is 5.11 Å². The van der Waals surface area contributed by atoms with Crippen molar-refractivity contribution in [3.63, 3.8) is 0 Å². The van der Waals surface area contributed by atoms with Gasteiger partial charge in [0.2, 0.25) is 0 Å². The molecule has 3 rings (SSSR count). The molecule has 1 saturated heterocycles. The monoisotopic (exact) mass is 273 g/mol. The van der Waals surface area contributed by atoms with Gasteiger partial charge in [-0.1, -0.05) is 6.07 Å². The van der Waals surface area contributed by atoms with Crippen LogP contribution in [0.5, 0.6) is 0 Å². The molecule has 0 aliphatic carbocycles. The summed E-state index contributed by atoms with van der Waals surface area (Å²) in [6.45, 7) is 3.38. The van der Waals surface area contributed by atoms with Crippen molar-refractivity contribution in [2.45, 2.75) is 18.6 Å². The van der Waals surface area contributed by atoms with E-state index in [1.807, 2.05) is 20.3 Å². The topological polar surface area (TPSA) is 42.5 Å². The summed E-state index contributed by atoms with van der Waals surface area (Å²) in [6.07, 6.45) is 2.83. The van der Waals surface area contributed by atoms with Crippen LogP contribution in [-0.2, 0) is 6.54 Å². The summed E-state index contributed by atoms with van der Waals surface area (Å²) < 4.78 is 0. The van der Waals surface area contributed by atoms with Crippen molar-refractivity contribution in [2.75, 3.05) is 33.7 Å². The molecule has 0 saturated carbocycles. The molecule has 0 radical (unpaired) electrons. The summed E-state index contributed by atoms with van der Waals surface area (Å²) in [7, 11) is 4.03. The highest BCUT2D eigenvalue weighted by Crippen LogP contribution is 2.24. The van der Waals surface area contributed by atoms with Crippen LogP contribution in [-0.4, -0.2) is 59.2 Å². The SMILES string of the molecule is CN(C)CC1(O)CCN(Cc2ccc3[nH]ccc3c2)C1. The standard InChI is InChI=1S/C16H23N3O/c1-18(2)11-16(20)6-8-19(12-16)10-13-3-4-15-14(9-13)5-7-17-15/h3-5,7,9,17,20H,6,8,10-12H2,1-2H3. The Morgan fingerprint density at radius 1 is 1.35 bits per heavy atom. The number of hydrogen-bond donors (Lipinski definition) is 2. The van der Waals surface area contributed by atoms with Gasteiger partial charge in [0, 0.05) is 37.9 Å². The number of nitrogens with one attached hydrogen (secondary N) is 1. The maximum Gasteiger partial charge on any atom is 0.0912 e. The molecule has 1 aromatic carbocycles. The van der Waals surface area contributed by atoms with Crippen LogP contribution in [0.15, 0.2) is 30.5 Å². The van der Waals surface area contributed by atoms with E-state index in [4.69, 9.17) is 0 Å². The molecule has 1 aromatic heterocycles. The molecular weight excluding hydrogens is 250 g/mol. The van der Waals surface area contributed by atoms with Crippen molar-refractivity contribution >= 4 is 10.9 Å². The van der Waals surface area contributed by atoms with Gasteiger partial charge in [0.05, 0.1) is 5.60 Å². The molecule has 4 heteroatoms. The van der Waals surface area contributed by atoms with Crippen molar-refractivity contribution in [3.8, 4) is 0 Å². The molecule has 0 amide bonds. The normalized spacial score (nSPS) is 24.0. The van der Waals surface area contributed by atoms with Gasteiger partial charge in [-0.3, -0.25) is 4.90 Å². The summed E-state index contributed by atoms with van der Waals surface area (Å²) in [5, 5.41) is 11.8. The first-order chi connectivity index (χ1) is 9.54. The van der Waals surface area contributed by atoms with Gasteiger partial charge in [0.1, 0.15) is 0 Å². The highest BCUT2D eigenvalue weighted by atomic mass is 16.3. The van der Waals surface area contributed by atoms with Crippen molar-refractivity contribution in [1.82, 2.24) is 14.8 Å². The van der Waals surface area contributed by atoms with Crippen LogP contribution in [0, 0.1) is 0 Å². The van der Waals surface area contributed by atoms with Crippen molar-refractivity contribution < 1.29 is 5.11 Å². The summed E-state index contributed by atoms with van der Waals surface area (Å²) in [6, 6.07) is 8.63. The molecule has 1 unspecified atom stereocenters. The largest absolute Gasteiger partial charge is 0.387 e. The minimum Gasteiger partial charge on any atom is -0.387 e. The number of likely N-dealkylation sites (tertiary alicyclic amines) is 1. The third-order valence-electron chi connectivity index (χ3n) is 4.05. The molecule has 2 heterocycles. The van der Waals surface area contributed by atoms with Gasteiger partial charge >= 0.3 is 0 Å². The molecule has 1 fully saturated rings. The van der Waals surface area contributed by atoms with Gasteiger partial charge in [-0.15, -0.1) is 0 Å². The fourth-order valence-electron chi connectivity index (χ4n) is 3.25. The first-order valence-corrected chi connectivity index (χ1v) is 7.20. The zero-order valence-electron chi connectivity index (χ0n) is 12.3. The van der Waals surface area contributed by atoms with Gasteiger partial charge in [-0.05, 0) is 49.7 Å². The lowest BCUT2D eigenvalue weighted by Crippen LogP contribution is -2.42. The number of aromatic nitrogens is 1. The number of aromatic amines is 1. The Balaban J connectivity index is 1.66. The average molecular weight is 273 g/mol. The number of rotatable bonds is 4. The molecule has 1 atom stereocenters. The number of aliphatic hydroxyl groups is 1. The minimum absolute atomic E-state index is 0.554. The summed E-state index contributed by atoms with van der Waals surface area (Å²) in [5.41, 5.74) is 1.94. The number of nitrogens with zero attached hydrogens (tertiary/aromatic N) is 2. The molecule has 0 bridgehead atoms. The minimum atomic E-state index is -0.554. The lowest BCUT2D eigenvalue weighted by Gasteiger charge is -2.26. The van der Waals surface area contributed by atoms with Crippen molar-refractivity contribution in [3.05, 3.63) is 36.0 Å². The molecule has 20 heavy (non-hydrogen) atoms. The molecule has 1 aliphatic heterocycles. The van der Waals surface area contributed by atoms with Crippen LogP contribution in [0.3, 0.4) is 0 Å². The molecule has 2 N–H and O–H groups in total. The van der Waals surface area contributed by atoms with E-state index in [1.165, 1.54) is 16.5 Å². The van der Waals surface area contributed by atoms with E-state index >= 15 is 0 Å². The predicted octanol–water partition coefficient (Wildman–Crippen LogP) is 1.67. The molecular formula is C16H23N3O. The maximum absolute atomic E-state index is 10.6. The highest BCUT2D eigenvalue weighted by molar-refractivity contribution is 5.79. The van der Waals surface area contributed by atoms with E-state index in [0.29, 0.717) is 0 Å². The predicted molar refractivity (Wildman–Crippen MR) is 81.7 cm³/mol. The molecule has 1 aliphatic rings. The number of benzene rings is 1. The molecule has 108 valence electrons. The molecule has 2 aromatic rings. The van der Waals surface area contributed by atoms with Crippen molar-refractivity contribution in [2.24, 2.45) is 0 Å². The van der Waals surface area contributed by atoms with Gasteiger partial charge in [0.25, 0.3) is 0 Å². The highest BCUT2D eigenvalue weighted by Gasteiger charge is 2.36. The van der Waals surface area contributed by atoms with Crippen molar-refractivity contribution in [1.29, 1.82) is 0 Å². The summed E-state index contributed by atoms with van der Waals surface area (Å²) in [5.74, 6) is 0. The Morgan fingerprint density at radius 3 is 3.00 bits per heavy atom. The van der Waals surface area contributed by atoms with Gasteiger partial charge in [0.15, 0.2) is 0 Å². The average Bonchev–Trinajstić information content (AvgIpc) is 2.95. The first kappa shape index (κ1) is 13.6. The maximum atomic E-state index is 10.6. The Labute approximate surface area is 120 Å². The third kappa shape index (κ3) is 2.87. The summed E-state index contributed by atoms with van der Waals surface area (Å²) in [4.78, 5) is 7.63. The number of likely N-dealkylation sites (N-methyl/N-ethyl adjacent to an activating group) is 1. The van der Waals surface area contributed by atoms with Crippen LogP contribution < -0.4 is 0 Å². The fraction of sp³-hybridized carbons (Fsp3) is 0.500. The van der Waals surface area contributed by atoms with E-state index in [1.54, 1.807) is 0 Å². The lowest BCUT2D eigenvalue weighted by molar-refractivity contribution is 0.0240. The Bertz CT molecular complexity index is 592. The lowest BCUT2D eigenvalue weighted by atomic mass is 10.0. The van der Waals surface area contributed by atoms with Gasteiger partial charge in [-0.25, -0.2) is 0 Å². The number of β-amino-alcohol motifs (C(OH)–C–C–N with tert-alkyl or cyclic N) is 1. The second-order valence-corrected chi connectivity index (χ2v) is 6.32. The van der Waals surface area contributed by atoms with E-state index in [-0.39, 0.29) is 0 Å². The van der Waals surface area contributed by atoms with Crippen LogP contribution in [0.2, 0.25) is 0 Å². The number of fused-ring (bicyclic) bond motifs is 1. The fourth-order valence-corrected chi connectivity index (χ4v) is 3.25. The quantitative estimate of drug-likeness (QED) is 0.890. The summed E-state index contributed by atoms with van der Waals surface area (Å²) >= 11 is 0. The number of hydrogen-bond acceptors (Lipinski definition) is 3. The van der Waals surface area contributed by atoms with Crippen LogP contribution in [0.1, 0.15) is 12.0 Å². The molecule has 4 nitrogen and oxygen atoms in total. The van der Waals surface area contributed by atoms with E-state index in [0.717, 1.165) is 32.6 Å². The Hall–Kier alpha value is -1.36. The van der Waals surface area contributed by atoms with Crippen LogP contribution in [0.4, 0.5) is 0 Å². The zero-order valence-corrected chi connectivity index (χ0v) is 12.3. The Kier molecular flexibility index (Phi) is 3.54. The van der Waals surface area contributed by atoms with Gasteiger partial charge in [-0.2, -0.15) is 0 Å². The zero-order chi connectivity index (χ0) is 14.2. The molecule has 0 spiro atoms. The number of H-pyrrole nitrogens is 1. The van der Waals surface area contributed by atoms with Crippen LogP contribution in [0.25, 0.3) is 10.9 Å². The van der Waals surface area contributed by atoms with E-state index in [2.05, 4.69) is 39.0 Å². The second kappa shape index (κ2) is 5.20. The Morgan fingerprint density at radius 2 is 2.20 bits per heavy atom. The smallest absolute Gasteiger partial charge is 0.0912 e. The second-order valence-electron chi connectivity index (χ2n) is 6.32. The van der Waals surface area contributed by atoms with Crippen LogP contribution >= 0.6 is 0 Å².